The highest BCUT2D eigenvalue weighted by molar-refractivity contribution is 7.10. The number of benzene rings is 1. The van der Waals surface area contributed by atoms with Crippen LogP contribution in [0.4, 0.5) is 4.79 Å². The van der Waals surface area contributed by atoms with Crippen LogP contribution in [0.5, 0.6) is 0 Å². The van der Waals surface area contributed by atoms with Gasteiger partial charge in [-0.15, -0.1) is 11.3 Å². The van der Waals surface area contributed by atoms with Gasteiger partial charge < -0.3 is 14.7 Å². The smallest absolute Gasteiger partial charge is 0.409 e. The van der Waals surface area contributed by atoms with Crippen molar-refractivity contribution in [3.05, 3.63) is 58.3 Å². The van der Waals surface area contributed by atoms with Crippen molar-refractivity contribution >= 4 is 17.4 Å². The molecule has 0 aliphatic heterocycles. The molecule has 0 aliphatic rings. The molecule has 2 rings (SSSR count). The molecule has 4 nitrogen and oxygen atoms in total. The van der Waals surface area contributed by atoms with Crippen LogP contribution >= 0.6 is 11.3 Å². The molecule has 0 saturated carbocycles. The first-order valence-electron chi connectivity index (χ1n) is 6.30. The molecular formula is C15H17NO3S. The van der Waals surface area contributed by atoms with E-state index in [9.17, 15) is 9.90 Å². The molecule has 1 atom stereocenters. The molecule has 0 fully saturated rings. The normalized spacial score (nSPS) is 11.9. The Bertz CT molecular complexity index is 527. The number of hydrogen-bond donors (Lipinski definition) is 1. The molecule has 0 spiro atoms. The van der Waals surface area contributed by atoms with Crippen molar-refractivity contribution < 1.29 is 14.6 Å². The number of aliphatic hydroxyl groups excluding tert-OH is 1. The molecule has 1 unspecified atom stereocenters. The summed E-state index contributed by atoms with van der Waals surface area (Å²) in [5.74, 6) is 0. The molecule has 5 heteroatoms. The van der Waals surface area contributed by atoms with Gasteiger partial charge in [0.25, 0.3) is 0 Å². The van der Waals surface area contributed by atoms with Crippen molar-refractivity contribution in [1.29, 1.82) is 0 Å². The second-order valence-electron chi connectivity index (χ2n) is 4.45. The lowest BCUT2D eigenvalue weighted by molar-refractivity contribution is 0.0797. The van der Waals surface area contributed by atoms with Gasteiger partial charge in [-0.2, -0.15) is 0 Å². The average Bonchev–Trinajstić information content (AvgIpc) is 3.00. The summed E-state index contributed by atoms with van der Waals surface area (Å²) < 4.78 is 5.19. The number of likely N-dealkylation sites (N-methyl/N-ethyl adjacent to an activating group) is 1. The Balaban J connectivity index is 1.80. The first-order chi connectivity index (χ1) is 9.66. The highest BCUT2D eigenvalue weighted by atomic mass is 32.1. The zero-order valence-electron chi connectivity index (χ0n) is 11.2. The summed E-state index contributed by atoms with van der Waals surface area (Å²) in [6.45, 7) is 0.452. The monoisotopic (exact) mass is 291 g/mol. The Morgan fingerprint density at radius 2 is 2.05 bits per heavy atom. The molecule has 1 aromatic carbocycles. The summed E-state index contributed by atoms with van der Waals surface area (Å²) in [4.78, 5) is 14.0. The first kappa shape index (κ1) is 14.6. The van der Waals surface area contributed by atoms with E-state index in [2.05, 4.69) is 0 Å². The molecular weight excluding hydrogens is 274 g/mol. The summed E-state index contributed by atoms with van der Waals surface area (Å²) in [7, 11) is 1.62. The molecule has 1 aromatic heterocycles. The van der Waals surface area contributed by atoms with Crippen LogP contribution in [-0.2, 0) is 11.3 Å². The van der Waals surface area contributed by atoms with E-state index in [1.165, 1.54) is 16.2 Å². The van der Waals surface area contributed by atoms with Gasteiger partial charge in [0.1, 0.15) is 12.7 Å². The number of thiophene rings is 1. The summed E-state index contributed by atoms with van der Waals surface area (Å²) in [5.41, 5.74) is 0.938. The molecule has 1 heterocycles. The van der Waals surface area contributed by atoms with Crippen LogP contribution in [0.25, 0.3) is 0 Å². The maximum absolute atomic E-state index is 11.8. The van der Waals surface area contributed by atoms with E-state index >= 15 is 0 Å². The lowest BCUT2D eigenvalue weighted by Crippen LogP contribution is -2.31. The Morgan fingerprint density at radius 1 is 1.30 bits per heavy atom. The number of nitrogens with zero attached hydrogens (tertiary/aromatic N) is 1. The van der Waals surface area contributed by atoms with Crippen LogP contribution in [0.3, 0.4) is 0 Å². The van der Waals surface area contributed by atoms with E-state index in [0.29, 0.717) is 0 Å². The molecule has 2 aromatic rings. The van der Waals surface area contributed by atoms with E-state index < -0.39 is 12.2 Å². The van der Waals surface area contributed by atoms with E-state index in [0.717, 1.165) is 10.4 Å². The van der Waals surface area contributed by atoms with Crippen LogP contribution in [-0.4, -0.2) is 29.7 Å². The fourth-order valence-corrected chi connectivity index (χ4v) is 2.44. The highest BCUT2D eigenvalue weighted by Crippen LogP contribution is 2.19. The van der Waals surface area contributed by atoms with Gasteiger partial charge >= 0.3 is 6.09 Å². The largest absolute Gasteiger partial charge is 0.445 e. The quantitative estimate of drug-likeness (QED) is 0.921. The Hall–Kier alpha value is -1.85. The molecule has 0 aliphatic carbocycles. The molecule has 106 valence electrons. The Morgan fingerprint density at radius 3 is 2.70 bits per heavy atom. The van der Waals surface area contributed by atoms with Crippen molar-refractivity contribution in [1.82, 2.24) is 4.90 Å². The van der Waals surface area contributed by atoms with Crippen molar-refractivity contribution in [2.45, 2.75) is 12.7 Å². The van der Waals surface area contributed by atoms with E-state index in [4.69, 9.17) is 4.74 Å². The van der Waals surface area contributed by atoms with Gasteiger partial charge in [-0.05, 0) is 17.0 Å². The molecule has 1 N–H and O–H groups in total. The van der Waals surface area contributed by atoms with Crippen LogP contribution in [0.2, 0.25) is 0 Å². The van der Waals surface area contributed by atoms with Gasteiger partial charge in [0, 0.05) is 11.9 Å². The van der Waals surface area contributed by atoms with Crippen LogP contribution in [0.15, 0.2) is 47.8 Å². The van der Waals surface area contributed by atoms with Crippen molar-refractivity contribution in [2.24, 2.45) is 0 Å². The van der Waals surface area contributed by atoms with Gasteiger partial charge in [-0.25, -0.2) is 4.79 Å². The molecule has 0 radical (unpaired) electrons. The minimum absolute atomic E-state index is 0.216. The third-order valence-corrected chi connectivity index (χ3v) is 3.81. The number of ether oxygens (including phenoxy) is 1. The predicted octanol–water partition coefficient (Wildman–Crippen LogP) is 3.05. The lowest BCUT2D eigenvalue weighted by atomic mass is 10.2. The molecule has 0 saturated heterocycles. The standard InChI is InChI=1S/C15H17NO3S/c1-16(10-13(17)14-8-5-9-20-14)15(18)19-11-12-6-3-2-4-7-12/h2-9,13,17H,10-11H2,1H3. The Labute approximate surface area is 122 Å². The van der Waals surface area contributed by atoms with Gasteiger partial charge in [0.05, 0.1) is 6.54 Å². The Kier molecular flexibility index (Phi) is 5.15. The zero-order chi connectivity index (χ0) is 14.4. The summed E-state index contributed by atoms with van der Waals surface area (Å²) >= 11 is 1.47. The van der Waals surface area contributed by atoms with Gasteiger partial charge in [0.15, 0.2) is 0 Å². The minimum atomic E-state index is -0.677. The fourth-order valence-electron chi connectivity index (χ4n) is 1.73. The number of hydrogen-bond acceptors (Lipinski definition) is 4. The van der Waals surface area contributed by atoms with Crippen molar-refractivity contribution in [3.8, 4) is 0 Å². The minimum Gasteiger partial charge on any atom is -0.445 e. The highest BCUT2D eigenvalue weighted by Gasteiger charge is 2.16. The zero-order valence-corrected chi connectivity index (χ0v) is 12.0. The third-order valence-electron chi connectivity index (χ3n) is 2.84. The molecule has 0 bridgehead atoms. The number of carbonyl (C=O) groups is 1. The van der Waals surface area contributed by atoms with E-state index in [1.807, 2.05) is 47.8 Å². The number of aliphatic hydroxyl groups is 1. The summed E-state index contributed by atoms with van der Waals surface area (Å²) in [5, 5.41) is 11.9. The number of amides is 1. The SMILES string of the molecule is CN(CC(O)c1cccs1)C(=O)OCc1ccccc1. The first-order valence-corrected chi connectivity index (χ1v) is 7.18. The summed E-state index contributed by atoms with van der Waals surface area (Å²) in [6.07, 6.45) is -1.12. The average molecular weight is 291 g/mol. The second-order valence-corrected chi connectivity index (χ2v) is 5.43. The lowest BCUT2D eigenvalue weighted by Gasteiger charge is -2.19. The number of rotatable bonds is 5. The van der Waals surface area contributed by atoms with Gasteiger partial charge in [0.2, 0.25) is 0 Å². The van der Waals surface area contributed by atoms with Gasteiger partial charge in [-0.3, -0.25) is 0 Å². The van der Waals surface area contributed by atoms with Gasteiger partial charge in [-0.1, -0.05) is 36.4 Å². The van der Waals surface area contributed by atoms with Crippen LogP contribution < -0.4 is 0 Å². The number of carbonyl (C=O) groups excluding carboxylic acids is 1. The third kappa shape index (κ3) is 4.08. The van der Waals surface area contributed by atoms with Crippen LogP contribution in [0.1, 0.15) is 16.5 Å². The molecule has 1 amide bonds. The fraction of sp³-hybridized carbons (Fsp3) is 0.267. The van der Waals surface area contributed by atoms with E-state index in [1.54, 1.807) is 7.05 Å². The maximum Gasteiger partial charge on any atom is 0.409 e. The second kappa shape index (κ2) is 7.07. The van der Waals surface area contributed by atoms with E-state index in [-0.39, 0.29) is 13.2 Å². The maximum atomic E-state index is 11.8. The van der Waals surface area contributed by atoms with Crippen molar-refractivity contribution in [2.75, 3.05) is 13.6 Å². The topological polar surface area (TPSA) is 49.8 Å². The van der Waals surface area contributed by atoms with Crippen molar-refractivity contribution in [3.63, 3.8) is 0 Å². The van der Waals surface area contributed by atoms with Crippen LogP contribution in [0, 0.1) is 0 Å². The summed E-state index contributed by atoms with van der Waals surface area (Å²) in [6, 6.07) is 13.2. The molecule has 20 heavy (non-hydrogen) atoms. The predicted molar refractivity (Wildman–Crippen MR) is 78.5 cm³/mol.